The Morgan fingerprint density at radius 2 is 1.82 bits per heavy atom. The zero-order valence-electron chi connectivity index (χ0n) is 15.9. The van der Waals surface area contributed by atoms with E-state index in [0.717, 1.165) is 16.8 Å². The molecule has 1 heterocycles. The van der Waals surface area contributed by atoms with Crippen LogP contribution in [0.1, 0.15) is 27.0 Å². The Hall–Kier alpha value is -2.64. The van der Waals surface area contributed by atoms with E-state index in [1.165, 1.54) is 34.2 Å². The number of benzene rings is 2. The van der Waals surface area contributed by atoms with Gasteiger partial charge in [-0.05, 0) is 55.7 Å². The molecule has 0 aliphatic rings. The van der Waals surface area contributed by atoms with Crippen LogP contribution in [0.15, 0.2) is 46.7 Å². The maximum atomic E-state index is 12.7. The molecule has 2 amide bonds. The summed E-state index contributed by atoms with van der Waals surface area (Å²) in [5.74, 6) is -0.559. The number of nitrogens with zero attached hydrogens (tertiary/aromatic N) is 1. The number of thiazole rings is 1. The van der Waals surface area contributed by atoms with Gasteiger partial charge in [0.25, 0.3) is 5.91 Å². The van der Waals surface area contributed by atoms with Crippen molar-refractivity contribution < 1.29 is 9.59 Å². The van der Waals surface area contributed by atoms with E-state index in [9.17, 15) is 9.59 Å². The van der Waals surface area contributed by atoms with Crippen LogP contribution in [-0.2, 0) is 4.79 Å². The fourth-order valence-electron chi connectivity index (χ4n) is 2.78. The molecule has 3 N–H and O–H groups in total. The summed E-state index contributed by atoms with van der Waals surface area (Å²) >= 11 is 2.63. The van der Waals surface area contributed by atoms with Crippen LogP contribution in [-0.4, -0.2) is 22.6 Å². The molecule has 0 aliphatic carbocycles. The first-order valence-corrected chi connectivity index (χ1v) is 10.6. The number of hydrogen-bond acceptors (Lipinski definition) is 5. The van der Waals surface area contributed by atoms with Crippen LogP contribution in [0.3, 0.4) is 0 Å². The molecule has 0 saturated carbocycles. The predicted molar refractivity (Wildman–Crippen MR) is 116 cm³/mol. The molecule has 0 saturated heterocycles. The van der Waals surface area contributed by atoms with Crippen LogP contribution >= 0.6 is 23.1 Å². The van der Waals surface area contributed by atoms with Gasteiger partial charge in [-0.1, -0.05) is 18.2 Å². The fraction of sp³-hybridized carbons (Fsp3) is 0.190. The smallest absolute Gasteiger partial charge is 0.258 e. The number of hydrogen-bond donors (Lipinski definition) is 2. The number of anilines is 1. The zero-order chi connectivity index (χ0) is 20.3. The number of nitrogens with one attached hydrogen (secondary N) is 1. The number of carbonyl (C=O) groups is 2. The van der Waals surface area contributed by atoms with Gasteiger partial charge in [-0.3, -0.25) is 14.9 Å². The number of carbonyl (C=O) groups excluding carboxylic acids is 2. The number of primary amides is 1. The van der Waals surface area contributed by atoms with E-state index >= 15 is 0 Å². The minimum Gasteiger partial charge on any atom is -0.369 e. The van der Waals surface area contributed by atoms with Gasteiger partial charge in [-0.2, -0.15) is 0 Å². The Labute approximate surface area is 172 Å². The molecule has 0 aliphatic heterocycles. The normalized spacial score (nSPS) is 10.7. The summed E-state index contributed by atoms with van der Waals surface area (Å²) in [4.78, 5) is 29.1. The third-order valence-corrected chi connectivity index (χ3v) is 6.20. The minimum absolute atomic E-state index is 0.123. The molecule has 3 rings (SSSR count). The molecule has 5 nitrogen and oxygen atoms in total. The molecule has 144 valence electrons. The number of aryl methyl sites for hydroxylation is 3. The van der Waals surface area contributed by atoms with Crippen molar-refractivity contribution in [3.8, 4) is 11.3 Å². The standard InChI is InChI=1S/C21H21N3O2S2/c1-12-8-14(3)16(9-13(12)2)17-10-28-21(23-17)24-20(26)15-6-4-5-7-18(15)27-11-19(22)25/h4-10H,11H2,1-3H3,(H2,22,25)(H,23,24,26). The molecule has 1 aromatic heterocycles. The lowest BCUT2D eigenvalue weighted by atomic mass is 9.99. The van der Waals surface area contributed by atoms with Crippen LogP contribution in [0.4, 0.5) is 5.13 Å². The molecule has 2 aromatic carbocycles. The van der Waals surface area contributed by atoms with Crippen molar-refractivity contribution in [2.75, 3.05) is 11.1 Å². The highest BCUT2D eigenvalue weighted by molar-refractivity contribution is 8.00. The van der Waals surface area contributed by atoms with Crippen molar-refractivity contribution >= 4 is 40.0 Å². The predicted octanol–water partition coefficient (Wildman–Crippen LogP) is 4.57. The molecule has 0 spiro atoms. The van der Waals surface area contributed by atoms with Crippen LogP contribution in [0.2, 0.25) is 0 Å². The molecular formula is C21H21N3O2S2. The molecule has 3 aromatic rings. The van der Waals surface area contributed by atoms with Crippen molar-refractivity contribution in [2.45, 2.75) is 25.7 Å². The molecule has 28 heavy (non-hydrogen) atoms. The SMILES string of the molecule is Cc1cc(C)c(-c2csc(NC(=O)c3ccccc3SCC(N)=O)n2)cc1C. The molecule has 0 radical (unpaired) electrons. The summed E-state index contributed by atoms with van der Waals surface area (Å²) in [5.41, 5.74) is 11.2. The van der Waals surface area contributed by atoms with Crippen LogP contribution in [0.5, 0.6) is 0 Å². The van der Waals surface area contributed by atoms with E-state index in [-0.39, 0.29) is 11.7 Å². The lowest BCUT2D eigenvalue weighted by molar-refractivity contribution is -0.115. The Balaban J connectivity index is 1.80. The number of thioether (sulfide) groups is 1. The quantitative estimate of drug-likeness (QED) is 0.582. The van der Waals surface area contributed by atoms with Gasteiger partial charge in [0.05, 0.1) is 17.0 Å². The van der Waals surface area contributed by atoms with Gasteiger partial charge in [0, 0.05) is 15.8 Å². The second-order valence-electron chi connectivity index (χ2n) is 6.49. The Bertz CT molecular complexity index is 1040. The van der Waals surface area contributed by atoms with Crippen molar-refractivity contribution in [3.05, 3.63) is 64.0 Å². The van der Waals surface area contributed by atoms with Gasteiger partial charge in [-0.15, -0.1) is 23.1 Å². The summed E-state index contributed by atoms with van der Waals surface area (Å²) in [7, 11) is 0. The first kappa shape index (κ1) is 20.1. The largest absolute Gasteiger partial charge is 0.369 e. The van der Waals surface area contributed by atoms with E-state index in [1.54, 1.807) is 18.2 Å². The van der Waals surface area contributed by atoms with E-state index in [0.29, 0.717) is 15.6 Å². The summed E-state index contributed by atoms with van der Waals surface area (Å²) in [6.07, 6.45) is 0. The van der Waals surface area contributed by atoms with E-state index in [2.05, 4.69) is 43.2 Å². The third-order valence-electron chi connectivity index (χ3n) is 4.34. The third kappa shape index (κ3) is 4.61. The summed E-state index contributed by atoms with van der Waals surface area (Å²) in [6, 6.07) is 11.4. The molecule has 0 fully saturated rings. The molecule has 0 atom stereocenters. The van der Waals surface area contributed by atoms with Crippen molar-refractivity contribution in [3.63, 3.8) is 0 Å². The van der Waals surface area contributed by atoms with Gasteiger partial charge in [0.1, 0.15) is 0 Å². The molecule has 7 heteroatoms. The van der Waals surface area contributed by atoms with Gasteiger partial charge < -0.3 is 5.73 Å². The first-order valence-electron chi connectivity index (χ1n) is 8.70. The number of aromatic nitrogens is 1. The maximum Gasteiger partial charge on any atom is 0.258 e. The first-order chi connectivity index (χ1) is 13.3. The monoisotopic (exact) mass is 411 g/mol. The highest BCUT2D eigenvalue weighted by atomic mass is 32.2. The zero-order valence-corrected chi connectivity index (χ0v) is 17.5. The summed E-state index contributed by atoms with van der Waals surface area (Å²) in [6.45, 7) is 6.23. The average molecular weight is 412 g/mol. The highest BCUT2D eigenvalue weighted by Crippen LogP contribution is 2.30. The van der Waals surface area contributed by atoms with Crippen LogP contribution in [0.25, 0.3) is 11.3 Å². The lowest BCUT2D eigenvalue weighted by Crippen LogP contribution is -2.15. The van der Waals surface area contributed by atoms with E-state index in [1.807, 2.05) is 11.4 Å². The van der Waals surface area contributed by atoms with Crippen molar-refractivity contribution in [1.82, 2.24) is 4.98 Å². The Morgan fingerprint density at radius 3 is 2.57 bits per heavy atom. The lowest BCUT2D eigenvalue weighted by Gasteiger charge is -2.08. The number of rotatable bonds is 6. The highest BCUT2D eigenvalue weighted by Gasteiger charge is 2.15. The minimum atomic E-state index is -0.423. The van der Waals surface area contributed by atoms with Gasteiger partial charge in [0.15, 0.2) is 5.13 Å². The number of amides is 2. The second kappa shape index (κ2) is 8.58. The summed E-state index contributed by atoms with van der Waals surface area (Å²) in [5, 5.41) is 5.34. The van der Waals surface area contributed by atoms with Gasteiger partial charge in [-0.25, -0.2) is 4.98 Å². The molecule has 0 bridgehead atoms. The average Bonchev–Trinajstić information content (AvgIpc) is 3.11. The Kier molecular flexibility index (Phi) is 6.16. The van der Waals surface area contributed by atoms with E-state index in [4.69, 9.17) is 5.73 Å². The van der Waals surface area contributed by atoms with Crippen molar-refractivity contribution in [2.24, 2.45) is 5.73 Å². The summed E-state index contributed by atoms with van der Waals surface area (Å²) < 4.78 is 0. The Morgan fingerprint density at radius 1 is 1.11 bits per heavy atom. The number of nitrogens with two attached hydrogens (primary N) is 1. The van der Waals surface area contributed by atoms with E-state index < -0.39 is 5.91 Å². The molecule has 0 unspecified atom stereocenters. The topological polar surface area (TPSA) is 85.1 Å². The second-order valence-corrected chi connectivity index (χ2v) is 8.37. The molecular weight excluding hydrogens is 390 g/mol. The van der Waals surface area contributed by atoms with Gasteiger partial charge in [0.2, 0.25) is 5.91 Å². The maximum absolute atomic E-state index is 12.7. The van der Waals surface area contributed by atoms with Crippen molar-refractivity contribution in [1.29, 1.82) is 0 Å². The van der Waals surface area contributed by atoms with Crippen LogP contribution in [0, 0.1) is 20.8 Å². The fourth-order valence-corrected chi connectivity index (χ4v) is 4.28. The van der Waals surface area contributed by atoms with Crippen LogP contribution < -0.4 is 11.1 Å². The van der Waals surface area contributed by atoms with Gasteiger partial charge >= 0.3 is 0 Å².